The van der Waals surface area contributed by atoms with Gasteiger partial charge in [-0.15, -0.1) is 0 Å². The van der Waals surface area contributed by atoms with Crippen molar-refractivity contribution in [1.82, 2.24) is 0 Å². The molecule has 1 rings (SSSR count). The lowest BCUT2D eigenvalue weighted by molar-refractivity contribution is 0.280. The second kappa shape index (κ2) is 4.06. The van der Waals surface area contributed by atoms with Crippen molar-refractivity contribution in [3.8, 4) is 0 Å². The normalized spacial score (nSPS) is 15.9. The van der Waals surface area contributed by atoms with E-state index in [1.165, 1.54) is 0 Å². The number of aliphatic hydroxyl groups is 1. The number of hydrogen-bond donors (Lipinski definition) is 1. The van der Waals surface area contributed by atoms with E-state index in [0.29, 0.717) is 0 Å². The molecule has 0 heterocycles. The number of halogens is 1. The lowest BCUT2D eigenvalue weighted by Crippen LogP contribution is -2.05. The second-order valence-corrected chi connectivity index (χ2v) is 5.26. The van der Waals surface area contributed by atoms with Gasteiger partial charge in [-0.1, -0.05) is 41.6 Å². The fourth-order valence-corrected chi connectivity index (χ4v) is 2.01. The van der Waals surface area contributed by atoms with Gasteiger partial charge in [0, 0.05) is 0 Å². The average molecular weight is 189 g/mol. The van der Waals surface area contributed by atoms with E-state index in [1.54, 1.807) is 6.92 Å². The predicted octanol–water partition coefficient (Wildman–Crippen LogP) is 2.29. The summed E-state index contributed by atoms with van der Waals surface area (Å²) in [5.41, 5.74) is 0. The monoisotopic (exact) mass is 188 g/mol. The lowest BCUT2D eigenvalue weighted by Gasteiger charge is -2.11. The first-order valence-electron chi connectivity index (χ1n) is 3.40. The standard InChI is InChI=1S/C8H10ClOP/c1-7(10)11(9)8-5-3-2-4-6-8/h2-7,10H,1H3. The van der Waals surface area contributed by atoms with E-state index in [4.69, 9.17) is 11.2 Å². The van der Waals surface area contributed by atoms with E-state index >= 15 is 0 Å². The van der Waals surface area contributed by atoms with Crippen LogP contribution in [0.4, 0.5) is 0 Å². The fourth-order valence-electron chi connectivity index (χ4n) is 0.786. The smallest absolute Gasteiger partial charge is 0.0886 e. The Hall–Kier alpha value is -0.100. The van der Waals surface area contributed by atoms with Crippen LogP contribution in [0.5, 0.6) is 0 Å². The molecule has 0 aliphatic rings. The third-order valence-electron chi connectivity index (χ3n) is 1.33. The van der Waals surface area contributed by atoms with E-state index in [1.807, 2.05) is 30.3 Å². The molecule has 1 aromatic rings. The van der Waals surface area contributed by atoms with Crippen LogP contribution in [-0.4, -0.2) is 11.0 Å². The van der Waals surface area contributed by atoms with E-state index < -0.39 is 13.1 Å². The number of aliphatic hydroxyl groups excluding tert-OH is 1. The summed E-state index contributed by atoms with van der Waals surface area (Å²) in [5, 5.41) is 10.2. The van der Waals surface area contributed by atoms with Gasteiger partial charge in [0.2, 0.25) is 0 Å². The highest BCUT2D eigenvalue weighted by Crippen LogP contribution is 2.43. The Morgan fingerprint density at radius 3 is 2.36 bits per heavy atom. The van der Waals surface area contributed by atoms with Crippen LogP contribution in [0.25, 0.3) is 0 Å². The summed E-state index contributed by atoms with van der Waals surface area (Å²) in [5.74, 6) is -0.436. The van der Waals surface area contributed by atoms with Crippen LogP contribution in [0.3, 0.4) is 0 Å². The molecular weight excluding hydrogens is 179 g/mol. The van der Waals surface area contributed by atoms with Crippen LogP contribution in [0.2, 0.25) is 0 Å². The van der Waals surface area contributed by atoms with Gasteiger partial charge in [0.05, 0.1) is 13.1 Å². The molecule has 0 saturated carbocycles. The van der Waals surface area contributed by atoms with Gasteiger partial charge in [-0.25, -0.2) is 0 Å². The van der Waals surface area contributed by atoms with Crippen molar-refractivity contribution < 1.29 is 5.11 Å². The lowest BCUT2D eigenvalue weighted by atomic mass is 10.4. The molecule has 0 radical (unpaired) electrons. The van der Waals surface area contributed by atoms with Gasteiger partial charge in [0.15, 0.2) is 0 Å². The van der Waals surface area contributed by atoms with Crippen molar-refractivity contribution in [2.75, 3.05) is 0 Å². The maximum Gasteiger partial charge on any atom is 0.0886 e. The van der Waals surface area contributed by atoms with Gasteiger partial charge in [-0.3, -0.25) is 0 Å². The first kappa shape index (κ1) is 8.99. The highest BCUT2D eigenvalue weighted by molar-refractivity contribution is 7.90. The van der Waals surface area contributed by atoms with Gasteiger partial charge in [0.1, 0.15) is 0 Å². The third-order valence-corrected chi connectivity index (χ3v) is 4.21. The molecule has 0 spiro atoms. The summed E-state index contributed by atoms with van der Waals surface area (Å²) in [4.78, 5) is 0. The predicted molar refractivity (Wildman–Crippen MR) is 50.5 cm³/mol. The van der Waals surface area contributed by atoms with E-state index in [2.05, 4.69) is 0 Å². The van der Waals surface area contributed by atoms with Crippen molar-refractivity contribution in [3.05, 3.63) is 30.3 Å². The Labute approximate surface area is 72.6 Å². The average Bonchev–Trinajstić information content (AvgIpc) is 2.05. The zero-order valence-electron chi connectivity index (χ0n) is 6.24. The van der Waals surface area contributed by atoms with Crippen LogP contribution in [0.15, 0.2) is 30.3 Å². The van der Waals surface area contributed by atoms with Crippen LogP contribution >= 0.6 is 18.5 Å². The number of hydrogen-bond acceptors (Lipinski definition) is 1. The SMILES string of the molecule is CC(O)P(Cl)c1ccccc1. The molecule has 0 saturated heterocycles. The number of benzene rings is 1. The van der Waals surface area contributed by atoms with E-state index in [0.717, 1.165) is 5.30 Å². The highest BCUT2D eigenvalue weighted by atomic mass is 35.7. The summed E-state index contributed by atoms with van der Waals surface area (Å²) in [6, 6.07) is 9.66. The Kier molecular flexibility index (Phi) is 3.32. The molecule has 0 amide bonds. The van der Waals surface area contributed by atoms with Gasteiger partial charge in [-0.05, 0) is 12.2 Å². The first-order chi connectivity index (χ1) is 5.22. The molecule has 1 nitrogen and oxygen atoms in total. The summed E-state index contributed by atoms with van der Waals surface area (Å²) in [7, 11) is -0.907. The Morgan fingerprint density at radius 1 is 1.36 bits per heavy atom. The molecular formula is C8H10ClOP. The molecule has 2 unspecified atom stereocenters. The van der Waals surface area contributed by atoms with Gasteiger partial charge in [-0.2, -0.15) is 0 Å². The van der Waals surface area contributed by atoms with Crippen molar-refractivity contribution in [2.24, 2.45) is 0 Å². The summed E-state index contributed by atoms with van der Waals surface area (Å²) >= 11 is 5.96. The summed E-state index contributed by atoms with van der Waals surface area (Å²) < 4.78 is 0. The molecule has 0 aliphatic heterocycles. The van der Waals surface area contributed by atoms with Crippen LogP contribution in [0.1, 0.15) is 6.92 Å². The number of rotatable bonds is 2. The second-order valence-electron chi connectivity index (χ2n) is 2.28. The van der Waals surface area contributed by atoms with Crippen molar-refractivity contribution in [3.63, 3.8) is 0 Å². The maximum atomic E-state index is 9.17. The minimum atomic E-state index is -0.907. The minimum absolute atomic E-state index is 0.436. The van der Waals surface area contributed by atoms with Crippen LogP contribution in [-0.2, 0) is 0 Å². The fraction of sp³-hybridized carbons (Fsp3) is 0.250. The molecule has 60 valence electrons. The molecule has 0 aliphatic carbocycles. The van der Waals surface area contributed by atoms with Crippen LogP contribution < -0.4 is 5.30 Å². The zero-order chi connectivity index (χ0) is 8.27. The van der Waals surface area contributed by atoms with Crippen molar-refractivity contribution in [1.29, 1.82) is 0 Å². The van der Waals surface area contributed by atoms with E-state index in [9.17, 15) is 5.11 Å². The molecule has 2 atom stereocenters. The van der Waals surface area contributed by atoms with Crippen molar-refractivity contribution in [2.45, 2.75) is 12.8 Å². The Balaban J connectivity index is 2.77. The maximum absolute atomic E-state index is 9.17. The summed E-state index contributed by atoms with van der Waals surface area (Å²) in [6.07, 6.45) is 0. The van der Waals surface area contributed by atoms with Gasteiger partial charge >= 0.3 is 0 Å². The highest BCUT2D eigenvalue weighted by Gasteiger charge is 2.12. The topological polar surface area (TPSA) is 20.2 Å². The van der Waals surface area contributed by atoms with Gasteiger partial charge in [0.25, 0.3) is 0 Å². The van der Waals surface area contributed by atoms with Gasteiger partial charge < -0.3 is 5.11 Å². The molecule has 3 heteroatoms. The molecule has 0 bridgehead atoms. The van der Waals surface area contributed by atoms with Crippen LogP contribution in [0, 0.1) is 0 Å². The molecule has 1 N–H and O–H groups in total. The zero-order valence-corrected chi connectivity index (χ0v) is 7.89. The van der Waals surface area contributed by atoms with E-state index in [-0.39, 0.29) is 0 Å². The largest absolute Gasteiger partial charge is 0.387 e. The Bertz CT molecular complexity index is 213. The molecule has 1 aromatic carbocycles. The third kappa shape index (κ3) is 2.44. The molecule has 0 fully saturated rings. The van der Waals surface area contributed by atoms with Crippen molar-refractivity contribution >= 4 is 23.8 Å². The molecule has 0 aromatic heterocycles. The minimum Gasteiger partial charge on any atom is -0.387 e. The quantitative estimate of drug-likeness (QED) is 0.706. The summed E-state index contributed by atoms with van der Waals surface area (Å²) in [6.45, 7) is 1.71. The first-order valence-corrected chi connectivity index (χ1v) is 5.71. The molecule has 11 heavy (non-hydrogen) atoms. The Morgan fingerprint density at radius 2 is 1.91 bits per heavy atom.